The van der Waals surface area contributed by atoms with Gasteiger partial charge in [-0.3, -0.25) is 0 Å². The van der Waals surface area contributed by atoms with Crippen LogP contribution in [0.4, 0.5) is 5.69 Å². The normalized spacial score (nSPS) is 21.9. The van der Waals surface area contributed by atoms with E-state index in [9.17, 15) is 0 Å². The predicted octanol–water partition coefficient (Wildman–Crippen LogP) is 2.85. The van der Waals surface area contributed by atoms with Crippen molar-refractivity contribution < 1.29 is 4.74 Å². The SMILES string of the molecule is CCOC1CC(Nc2cccc(-n3cccn3)c2)C1. The largest absolute Gasteiger partial charge is 0.382 e. The number of hydrogen-bond acceptors (Lipinski definition) is 3. The van der Waals surface area contributed by atoms with E-state index in [1.807, 2.05) is 23.9 Å². The number of hydrogen-bond donors (Lipinski definition) is 1. The lowest BCUT2D eigenvalue weighted by Gasteiger charge is -2.36. The maximum atomic E-state index is 5.57. The van der Waals surface area contributed by atoms with E-state index in [1.165, 1.54) is 0 Å². The zero-order valence-corrected chi connectivity index (χ0v) is 11.1. The summed E-state index contributed by atoms with van der Waals surface area (Å²) >= 11 is 0. The Balaban J connectivity index is 1.62. The molecule has 1 aromatic heterocycles. The van der Waals surface area contributed by atoms with Crippen molar-refractivity contribution in [2.24, 2.45) is 0 Å². The van der Waals surface area contributed by atoms with Crippen LogP contribution in [0, 0.1) is 0 Å². The molecular formula is C15H19N3O. The fourth-order valence-electron chi connectivity index (χ4n) is 2.45. The van der Waals surface area contributed by atoms with Gasteiger partial charge in [0.2, 0.25) is 0 Å². The summed E-state index contributed by atoms with van der Waals surface area (Å²) in [6.07, 6.45) is 6.38. The summed E-state index contributed by atoms with van der Waals surface area (Å²) in [6.45, 7) is 2.86. The van der Waals surface area contributed by atoms with Crippen LogP contribution in [-0.2, 0) is 4.74 Å². The first-order valence-corrected chi connectivity index (χ1v) is 6.83. The van der Waals surface area contributed by atoms with Gasteiger partial charge in [0, 0.05) is 30.7 Å². The minimum Gasteiger partial charge on any atom is -0.382 e. The molecule has 100 valence electrons. The molecule has 0 bridgehead atoms. The average Bonchev–Trinajstić information content (AvgIpc) is 2.91. The van der Waals surface area contributed by atoms with Gasteiger partial charge in [-0.05, 0) is 44.0 Å². The quantitative estimate of drug-likeness (QED) is 0.895. The van der Waals surface area contributed by atoms with Gasteiger partial charge in [-0.2, -0.15) is 5.10 Å². The summed E-state index contributed by atoms with van der Waals surface area (Å²) in [7, 11) is 0. The predicted molar refractivity (Wildman–Crippen MR) is 75.6 cm³/mol. The zero-order chi connectivity index (χ0) is 13.1. The summed E-state index contributed by atoms with van der Waals surface area (Å²) < 4.78 is 7.44. The van der Waals surface area contributed by atoms with Crippen LogP contribution in [0.3, 0.4) is 0 Å². The molecule has 1 heterocycles. The highest BCUT2D eigenvalue weighted by Crippen LogP contribution is 2.27. The van der Waals surface area contributed by atoms with Gasteiger partial charge in [-0.25, -0.2) is 4.68 Å². The number of rotatable bonds is 5. The first kappa shape index (κ1) is 12.2. The number of aromatic nitrogens is 2. The molecule has 0 spiro atoms. The highest BCUT2D eigenvalue weighted by molar-refractivity contribution is 5.51. The zero-order valence-electron chi connectivity index (χ0n) is 11.1. The Bertz CT molecular complexity index is 518. The Hall–Kier alpha value is -1.81. The number of nitrogens with one attached hydrogen (secondary N) is 1. The van der Waals surface area contributed by atoms with Crippen LogP contribution in [0.25, 0.3) is 5.69 Å². The van der Waals surface area contributed by atoms with E-state index >= 15 is 0 Å². The number of ether oxygens (including phenoxy) is 1. The molecule has 1 saturated carbocycles. The standard InChI is InChI=1S/C15H19N3O/c1-2-19-15-10-13(11-15)17-12-5-3-6-14(9-12)18-8-4-7-16-18/h3-9,13,15,17H,2,10-11H2,1H3. The second-order valence-electron chi connectivity index (χ2n) is 4.89. The molecule has 2 aromatic rings. The molecule has 0 saturated heterocycles. The van der Waals surface area contributed by atoms with E-state index < -0.39 is 0 Å². The van der Waals surface area contributed by atoms with Crippen LogP contribution in [-0.4, -0.2) is 28.5 Å². The minimum absolute atomic E-state index is 0.441. The maximum absolute atomic E-state index is 5.57. The summed E-state index contributed by atoms with van der Waals surface area (Å²) in [5.74, 6) is 0. The molecule has 0 aliphatic heterocycles. The third-order valence-corrected chi connectivity index (χ3v) is 3.48. The maximum Gasteiger partial charge on any atom is 0.0666 e. The van der Waals surface area contributed by atoms with Crippen LogP contribution in [0.2, 0.25) is 0 Å². The topological polar surface area (TPSA) is 39.1 Å². The molecule has 0 unspecified atom stereocenters. The number of benzene rings is 1. The van der Waals surface area contributed by atoms with E-state index in [0.717, 1.165) is 30.8 Å². The molecule has 1 N–H and O–H groups in total. The fraction of sp³-hybridized carbons (Fsp3) is 0.400. The van der Waals surface area contributed by atoms with E-state index in [0.29, 0.717) is 12.1 Å². The second-order valence-corrected chi connectivity index (χ2v) is 4.89. The van der Waals surface area contributed by atoms with E-state index in [1.54, 1.807) is 6.20 Å². The molecule has 1 aliphatic carbocycles. The molecule has 3 rings (SSSR count). The van der Waals surface area contributed by atoms with Crippen molar-refractivity contribution in [3.05, 3.63) is 42.7 Å². The first-order chi connectivity index (χ1) is 9.35. The van der Waals surface area contributed by atoms with Gasteiger partial charge >= 0.3 is 0 Å². The lowest BCUT2D eigenvalue weighted by molar-refractivity contribution is 0.00299. The van der Waals surface area contributed by atoms with Crippen LogP contribution in [0.5, 0.6) is 0 Å². The molecule has 0 amide bonds. The lowest BCUT2D eigenvalue weighted by atomic mass is 9.89. The van der Waals surface area contributed by atoms with Gasteiger partial charge in [0.1, 0.15) is 0 Å². The van der Waals surface area contributed by atoms with Gasteiger partial charge < -0.3 is 10.1 Å². The summed E-state index contributed by atoms with van der Waals surface area (Å²) in [6, 6.07) is 10.8. The molecular weight excluding hydrogens is 238 g/mol. The van der Waals surface area contributed by atoms with Crippen molar-refractivity contribution in [3.8, 4) is 5.69 Å². The molecule has 0 atom stereocenters. The van der Waals surface area contributed by atoms with Gasteiger partial charge in [0.15, 0.2) is 0 Å². The van der Waals surface area contributed by atoms with Crippen LogP contribution in [0.15, 0.2) is 42.7 Å². The molecule has 4 nitrogen and oxygen atoms in total. The summed E-state index contributed by atoms with van der Waals surface area (Å²) in [4.78, 5) is 0. The average molecular weight is 257 g/mol. The number of anilines is 1. The monoisotopic (exact) mass is 257 g/mol. The molecule has 19 heavy (non-hydrogen) atoms. The molecule has 1 fully saturated rings. The third kappa shape index (κ3) is 2.79. The highest BCUT2D eigenvalue weighted by Gasteiger charge is 2.29. The Kier molecular flexibility index (Phi) is 3.51. The van der Waals surface area contributed by atoms with Crippen molar-refractivity contribution in [1.82, 2.24) is 9.78 Å². The van der Waals surface area contributed by atoms with E-state index in [4.69, 9.17) is 4.74 Å². The van der Waals surface area contributed by atoms with Gasteiger partial charge in [0.25, 0.3) is 0 Å². The Morgan fingerprint density at radius 1 is 1.37 bits per heavy atom. The Morgan fingerprint density at radius 3 is 3.00 bits per heavy atom. The second kappa shape index (κ2) is 5.45. The molecule has 1 aliphatic rings. The third-order valence-electron chi connectivity index (χ3n) is 3.48. The highest BCUT2D eigenvalue weighted by atomic mass is 16.5. The lowest BCUT2D eigenvalue weighted by Crippen LogP contribution is -2.40. The van der Waals surface area contributed by atoms with Crippen LogP contribution in [0.1, 0.15) is 19.8 Å². The smallest absolute Gasteiger partial charge is 0.0666 e. The van der Waals surface area contributed by atoms with Crippen molar-refractivity contribution >= 4 is 5.69 Å². The van der Waals surface area contributed by atoms with Gasteiger partial charge in [-0.15, -0.1) is 0 Å². The first-order valence-electron chi connectivity index (χ1n) is 6.83. The summed E-state index contributed by atoms with van der Waals surface area (Å²) in [5, 5.41) is 7.79. The van der Waals surface area contributed by atoms with Crippen molar-refractivity contribution in [1.29, 1.82) is 0 Å². The Labute approximate surface area is 113 Å². The van der Waals surface area contributed by atoms with Gasteiger partial charge in [0.05, 0.1) is 11.8 Å². The molecule has 1 aromatic carbocycles. The van der Waals surface area contributed by atoms with Gasteiger partial charge in [-0.1, -0.05) is 6.07 Å². The molecule has 0 radical (unpaired) electrons. The number of nitrogens with zero attached hydrogens (tertiary/aromatic N) is 2. The van der Waals surface area contributed by atoms with Crippen molar-refractivity contribution in [3.63, 3.8) is 0 Å². The van der Waals surface area contributed by atoms with E-state index in [-0.39, 0.29) is 0 Å². The van der Waals surface area contributed by atoms with Crippen molar-refractivity contribution in [2.45, 2.75) is 31.9 Å². The fourth-order valence-corrected chi connectivity index (χ4v) is 2.45. The minimum atomic E-state index is 0.441. The van der Waals surface area contributed by atoms with E-state index in [2.05, 4.69) is 34.7 Å². The molecule has 4 heteroatoms. The van der Waals surface area contributed by atoms with Crippen LogP contribution < -0.4 is 5.32 Å². The summed E-state index contributed by atoms with van der Waals surface area (Å²) in [5.41, 5.74) is 2.23. The van der Waals surface area contributed by atoms with Crippen molar-refractivity contribution in [2.75, 3.05) is 11.9 Å². The Morgan fingerprint density at radius 2 is 2.26 bits per heavy atom. The van der Waals surface area contributed by atoms with Crippen LogP contribution >= 0.6 is 0 Å².